The summed E-state index contributed by atoms with van der Waals surface area (Å²) in [5, 5.41) is 3.72. The molecule has 0 aliphatic carbocycles. The van der Waals surface area contributed by atoms with E-state index in [0.717, 1.165) is 60.5 Å². The van der Waals surface area contributed by atoms with E-state index >= 15 is 0 Å². The van der Waals surface area contributed by atoms with E-state index in [9.17, 15) is 0 Å². The largest absolute Gasteiger partial charge is 0.456 e. The molecule has 0 N–H and O–H groups in total. The lowest BCUT2D eigenvalue weighted by Gasteiger charge is -2.09. The van der Waals surface area contributed by atoms with Gasteiger partial charge in [0.15, 0.2) is 23.1 Å². The van der Waals surface area contributed by atoms with E-state index in [1.165, 1.54) is 0 Å². The van der Waals surface area contributed by atoms with Gasteiger partial charge < -0.3 is 13.3 Å². The molecule has 6 aromatic carbocycles. The van der Waals surface area contributed by atoms with E-state index in [1.807, 2.05) is 127 Å². The maximum absolute atomic E-state index is 6.56. The molecule has 0 bridgehead atoms. The molecule has 10 rings (SSSR count). The van der Waals surface area contributed by atoms with Gasteiger partial charge in [-0.25, -0.2) is 19.9 Å². The molecule has 4 aromatic heterocycles. The molecule has 0 saturated carbocycles. The van der Waals surface area contributed by atoms with Gasteiger partial charge in [0.25, 0.3) is 0 Å². The van der Waals surface area contributed by atoms with Crippen molar-refractivity contribution in [1.29, 1.82) is 0 Å². The topological polar surface area (TPSA) is 91.0 Å². The summed E-state index contributed by atoms with van der Waals surface area (Å²) in [7, 11) is 0. The van der Waals surface area contributed by atoms with Gasteiger partial charge in [0.2, 0.25) is 5.89 Å². The fraction of sp³-hybridized carbons (Fsp3) is 0. The molecular formula is C40H22N4O3. The van der Waals surface area contributed by atoms with Gasteiger partial charge in [-0.3, -0.25) is 0 Å². The highest BCUT2D eigenvalue weighted by atomic mass is 16.4. The molecule has 0 aliphatic heterocycles. The van der Waals surface area contributed by atoms with Crippen molar-refractivity contribution in [3.63, 3.8) is 0 Å². The van der Waals surface area contributed by atoms with Gasteiger partial charge in [0, 0.05) is 32.8 Å². The Morgan fingerprint density at radius 2 is 1.00 bits per heavy atom. The number of oxazole rings is 1. The Morgan fingerprint density at radius 1 is 0.362 bits per heavy atom. The van der Waals surface area contributed by atoms with Gasteiger partial charge in [-0.05, 0) is 42.5 Å². The Labute approximate surface area is 266 Å². The Kier molecular flexibility index (Phi) is 5.44. The molecular weight excluding hydrogens is 584 g/mol. The summed E-state index contributed by atoms with van der Waals surface area (Å²) in [6.45, 7) is 0. The third kappa shape index (κ3) is 4.00. The molecule has 10 aromatic rings. The summed E-state index contributed by atoms with van der Waals surface area (Å²) in [5.74, 6) is 2.18. The first-order valence-corrected chi connectivity index (χ1v) is 15.3. The summed E-state index contributed by atoms with van der Waals surface area (Å²) in [5.41, 5.74) is 7.80. The maximum atomic E-state index is 6.56. The van der Waals surface area contributed by atoms with Crippen molar-refractivity contribution in [1.82, 2.24) is 19.9 Å². The molecule has 7 nitrogen and oxygen atoms in total. The molecule has 0 saturated heterocycles. The van der Waals surface area contributed by atoms with Gasteiger partial charge in [0.05, 0.1) is 10.9 Å². The lowest BCUT2D eigenvalue weighted by Crippen LogP contribution is -2.00. The normalized spacial score (nSPS) is 11.8. The predicted octanol–water partition coefficient (Wildman–Crippen LogP) is 10.5. The second-order valence-corrected chi connectivity index (χ2v) is 11.4. The average Bonchev–Trinajstić information content (AvgIpc) is 3.85. The molecule has 4 heterocycles. The highest BCUT2D eigenvalue weighted by Gasteiger charge is 2.22. The van der Waals surface area contributed by atoms with Crippen LogP contribution in [0, 0.1) is 0 Å². The second-order valence-electron chi connectivity index (χ2n) is 11.4. The monoisotopic (exact) mass is 606 g/mol. The van der Waals surface area contributed by atoms with Gasteiger partial charge in [-0.15, -0.1) is 0 Å². The quantitative estimate of drug-likeness (QED) is 0.197. The third-order valence-electron chi connectivity index (χ3n) is 8.59. The van der Waals surface area contributed by atoms with E-state index < -0.39 is 0 Å². The van der Waals surface area contributed by atoms with Crippen LogP contribution >= 0.6 is 0 Å². The van der Waals surface area contributed by atoms with Crippen molar-refractivity contribution in [2.75, 3.05) is 0 Å². The molecule has 0 atom stereocenters. The molecule has 0 fully saturated rings. The minimum atomic E-state index is 0.502. The van der Waals surface area contributed by atoms with Crippen molar-refractivity contribution in [3.05, 3.63) is 133 Å². The Hall–Kier alpha value is -6.60. The lowest BCUT2D eigenvalue weighted by atomic mass is 10.0. The van der Waals surface area contributed by atoms with Crippen molar-refractivity contribution in [2.45, 2.75) is 0 Å². The minimum absolute atomic E-state index is 0.502. The molecule has 47 heavy (non-hydrogen) atoms. The van der Waals surface area contributed by atoms with Crippen LogP contribution in [0.4, 0.5) is 0 Å². The number of para-hydroxylation sites is 2. The zero-order chi connectivity index (χ0) is 30.9. The molecule has 0 spiro atoms. The van der Waals surface area contributed by atoms with Gasteiger partial charge in [0.1, 0.15) is 27.8 Å². The zero-order valence-electron chi connectivity index (χ0n) is 24.7. The first-order chi connectivity index (χ1) is 23.3. The summed E-state index contributed by atoms with van der Waals surface area (Å²) in [6.07, 6.45) is 0. The van der Waals surface area contributed by atoms with Crippen molar-refractivity contribution in [2.24, 2.45) is 0 Å². The van der Waals surface area contributed by atoms with Crippen LogP contribution in [-0.2, 0) is 0 Å². The maximum Gasteiger partial charge on any atom is 0.227 e. The number of nitrogens with zero attached hydrogens (tertiary/aromatic N) is 4. The van der Waals surface area contributed by atoms with Gasteiger partial charge in [-0.1, -0.05) is 91.0 Å². The van der Waals surface area contributed by atoms with E-state index in [0.29, 0.717) is 40.1 Å². The molecule has 220 valence electrons. The Morgan fingerprint density at radius 3 is 1.85 bits per heavy atom. The fourth-order valence-corrected chi connectivity index (χ4v) is 6.44. The number of fused-ring (bicyclic) bond motifs is 8. The van der Waals surface area contributed by atoms with Crippen LogP contribution in [0.5, 0.6) is 0 Å². The van der Waals surface area contributed by atoms with Crippen molar-refractivity contribution in [3.8, 4) is 45.6 Å². The zero-order valence-corrected chi connectivity index (χ0v) is 24.7. The molecule has 0 amide bonds. The first kappa shape index (κ1) is 25.7. The number of hydrogen-bond acceptors (Lipinski definition) is 7. The van der Waals surface area contributed by atoms with E-state index in [2.05, 4.69) is 6.07 Å². The van der Waals surface area contributed by atoms with Gasteiger partial charge >= 0.3 is 0 Å². The SMILES string of the molecule is c1ccc(-c2nc(-c3cccc4c3oc3ccc5nc(-c6ccccc6)oc5c34)nc(-c3cccc4oc5ccccc5c34)n2)cc1. The second kappa shape index (κ2) is 9.95. The summed E-state index contributed by atoms with van der Waals surface area (Å²) >= 11 is 0. The third-order valence-corrected chi connectivity index (χ3v) is 8.59. The predicted molar refractivity (Wildman–Crippen MR) is 184 cm³/mol. The standard InChI is InChI=1S/C40H22N4O3/c1-3-11-23(12-4-1)37-42-38(27-17-10-20-31-33(27)25-15-7-8-19-30(25)45-31)44-39(43-37)28-18-9-16-26-34-32(46-35(26)28)22-21-29-36(34)47-40(41-29)24-13-5-2-6-14-24/h1-22H. The van der Waals surface area contributed by atoms with E-state index in [4.69, 9.17) is 33.2 Å². The highest BCUT2D eigenvalue weighted by molar-refractivity contribution is 6.18. The van der Waals surface area contributed by atoms with E-state index in [1.54, 1.807) is 0 Å². The highest BCUT2D eigenvalue weighted by Crippen LogP contribution is 2.41. The molecule has 0 unspecified atom stereocenters. The van der Waals surface area contributed by atoms with Crippen LogP contribution in [-0.4, -0.2) is 19.9 Å². The van der Waals surface area contributed by atoms with Crippen molar-refractivity contribution < 1.29 is 13.3 Å². The van der Waals surface area contributed by atoms with Crippen LogP contribution in [0.25, 0.3) is 101 Å². The summed E-state index contributed by atoms with van der Waals surface area (Å²) in [4.78, 5) is 19.9. The summed E-state index contributed by atoms with van der Waals surface area (Å²) in [6, 6.07) is 43.7. The van der Waals surface area contributed by atoms with Crippen molar-refractivity contribution >= 4 is 55.0 Å². The molecule has 7 heteroatoms. The van der Waals surface area contributed by atoms with Crippen LogP contribution < -0.4 is 0 Å². The Bertz CT molecular complexity index is 2800. The first-order valence-electron chi connectivity index (χ1n) is 15.3. The molecule has 0 radical (unpaired) electrons. The van der Waals surface area contributed by atoms with Crippen LogP contribution in [0.2, 0.25) is 0 Å². The number of rotatable bonds is 4. The average molecular weight is 607 g/mol. The minimum Gasteiger partial charge on any atom is -0.456 e. The number of hydrogen-bond donors (Lipinski definition) is 0. The molecule has 0 aliphatic rings. The van der Waals surface area contributed by atoms with Crippen LogP contribution in [0.1, 0.15) is 0 Å². The number of benzene rings is 6. The number of aromatic nitrogens is 4. The fourth-order valence-electron chi connectivity index (χ4n) is 6.44. The number of furan rings is 2. The lowest BCUT2D eigenvalue weighted by molar-refractivity contribution is 0.622. The van der Waals surface area contributed by atoms with Crippen LogP contribution in [0.15, 0.2) is 147 Å². The van der Waals surface area contributed by atoms with Crippen LogP contribution in [0.3, 0.4) is 0 Å². The van der Waals surface area contributed by atoms with E-state index in [-0.39, 0.29) is 0 Å². The summed E-state index contributed by atoms with van der Waals surface area (Å²) < 4.78 is 19.1. The smallest absolute Gasteiger partial charge is 0.227 e. The van der Waals surface area contributed by atoms with Gasteiger partial charge in [-0.2, -0.15) is 0 Å². The Balaban J connectivity index is 1.23.